The quantitative estimate of drug-likeness (QED) is 0.476. The molecule has 0 aromatic heterocycles. The van der Waals surface area contributed by atoms with Gasteiger partial charge in [-0.05, 0) is 12.3 Å². The number of rotatable bonds is 0. The fourth-order valence-electron chi connectivity index (χ4n) is 2.68. The molecule has 56 valence electrons. The van der Waals surface area contributed by atoms with Crippen molar-refractivity contribution in [3.05, 3.63) is 0 Å². The van der Waals surface area contributed by atoms with Gasteiger partial charge in [-0.3, -0.25) is 4.90 Å². The van der Waals surface area contributed by atoms with Gasteiger partial charge in [0.05, 0.1) is 5.54 Å². The van der Waals surface area contributed by atoms with E-state index in [1.165, 1.54) is 26.1 Å². The summed E-state index contributed by atoms with van der Waals surface area (Å²) in [5.74, 6) is 0.924. The van der Waals surface area contributed by atoms with Crippen molar-refractivity contribution in [1.82, 2.24) is 10.2 Å². The van der Waals surface area contributed by atoms with Gasteiger partial charge in [-0.15, -0.1) is 0 Å². The Bertz CT molecular complexity index is 180. The lowest BCUT2D eigenvalue weighted by Gasteiger charge is -2.44. The van der Waals surface area contributed by atoms with E-state index in [1.54, 1.807) is 0 Å². The lowest BCUT2D eigenvalue weighted by atomic mass is 9.82. The van der Waals surface area contributed by atoms with Crippen LogP contribution in [0.25, 0.3) is 0 Å². The zero-order valence-electron chi connectivity index (χ0n) is 6.43. The van der Waals surface area contributed by atoms with E-state index in [1.807, 2.05) is 0 Å². The van der Waals surface area contributed by atoms with Crippen LogP contribution in [0.2, 0.25) is 0 Å². The Kier molecular flexibility index (Phi) is 0.783. The first-order valence-corrected chi connectivity index (χ1v) is 4.30. The first-order valence-electron chi connectivity index (χ1n) is 4.30. The van der Waals surface area contributed by atoms with Gasteiger partial charge in [0.2, 0.25) is 0 Å². The first-order chi connectivity index (χ1) is 4.81. The van der Waals surface area contributed by atoms with Gasteiger partial charge in [0, 0.05) is 25.7 Å². The second kappa shape index (κ2) is 1.41. The fraction of sp³-hybridized carbons (Fsp3) is 1.00. The molecule has 3 heterocycles. The van der Waals surface area contributed by atoms with Crippen molar-refractivity contribution in [3.8, 4) is 0 Å². The van der Waals surface area contributed by atoms with Crippen LogP contribution in [0.3, 0.4) is 0 Å². The van der Waals surface area contributed by atoms with Crippen molar-refractivity contribution in [2.45, 2.75) is 24.9 Å². The highest BCUT2D eigenvalue weighted by Crippen LogP contribution is 2.47. The van der Waals surface area contributed by atoms with Crippen LogP contribution < -0.4 is 5.32 Å². The summed E-state index contributed by atoms with van der Waals surface area (Å²) in [5.41, 5.74) is 0.687. The van der Waals surface area contributed by atoms with Crippen LogP contribution >= 0.6 is 0 Å². The molecule has 0 radical (unpaired) electrons. The van der Waals surface area contributed by atoms with Gasteiger partial charge in [0.1, 0.15) is 0 Å². The average molecular weight is 138 g/mol. The fourth-order valence-corrected chi connectivity index (χ4v) is 2.68. The van der Waals surface area contributed by atoms with E-state index in [4.69, 9.17) is 0 Å². The molecule has 0 bridgehead atoms. The van der Waals surface area contributed by atoms with Crippen LogP contribution in [-0.4, -0.2) is 36.1 Å². The summed E-state index contributed by atoms with van der Waals surface area (Å²) in [7, 11) is 0. The maximum absolute atomic E-state index is 3.52. The van der Waals surface area contributed by atoms with Crippen LogP contribution in [0.1, 0.15) is 13.3 Å². The summed E-state index contributed by atoms with van der Waals surface area (Å²) >= 11 is 0. The van der Waals surface area contributed by atoms with E-state index < -0.39 is 0 Å². The van der Waals surface area contributed by atoms with Crippen LogP contribution in [0.15, 0.2) is 0 Å². The maximum Gasteiger partial charge on any atom is 0.0616 e. The van der Waals surface area contributed by atoms with E-state index in [2.05, 4.69) is 17.1 Å². The molecule has 1 spiro atoms. The second-order valence-corrected chi connectivity index (χ2v) is 4.26. The minimum Gasteiger partial charge on any atom is -0.310 e. The Morgan fingerprint density at radius 1 is 1.60 bits per heavy atom. The average Bonchev–Trinajstić information content (AvgIpc) is 2.56. The molecule has 4 unspecified atom stereocenters. The van der Waals surface area contributed by atoms with E-state index in [-0.39, 0.29) is 0 Å². The lowest BCUT2D eigenvalue weighted by molar-refractivity contribution is 0.127. The van der Waals surface area contributed by atoms with Crippen LogP contribution in [0.5, 0.6) is 0 Å². The normalized spacial score (nSPS) is 63.9. The van der Waals surface area contributed by atoms with Gasteiger partial charge in [-0.25, -0.2) is 0 Å². The Balaban J connectivity index is 1.85. The van der Waals surface area contributed by atoms with Crippen LogP contribution in [-0.2, 0) is 0 Å². The van der Waals surface area contributed by atoms with Crippen molar-refractivity contribution in [2.75, 3.05) is 19.6 Å². The Labute approximate surface area is 61.6 Å². The van der Waals surface area contributed by atoms with Gasteiger partial charge in [0.25, 0.3) is 0 Å². The highest BCUT2D eigenvalue weighted by Gasteiger charge is 2.64. The third kappa shape index (κ3) is 0.453. The molecule has 0 aromatic carbocycles. The summed E-state index contributed by atoms with van der Waals surface area (Å²) in [4.78, 5) is 2.64. The van der Waals surface area contributed by atoms with Crippen molar-refractivity contribution in [1.29, 1.82) is 0 Å². The first kappa shape index (κ1) is 5.56. The van der Waals surface area contributed by atoms with Crippen molar-refractivity contribution in [3.63, 3.8) is 0 Å². The summed E-state index contributed by atoms with van der Waals surface area (Å²) < 4.78 is 0. The van der Waals surface area contributed by atoms with Crippen LogP contribution in [0.4, 0.5) is 0 Å². The standard InChI is InChI=1S/C8H14N2/c1-6-2-7-8(4-9-7)5-10(8)3-6/h6-7,9H,2-5H2,1H3. The van der Waals surface area contributed by atoms with Crippen LogP contribution in [0, 0.1) is 5.92 Å². The van der Waals surface area contributed by atoms with Crippen molar-refractivity contribution in [2.24, 2.45) is 5.92 Å². The molecule has 0 aromatic rings. The maximum atomic E-state index is 3.52. The summed E-state index contributed by atoms with van der Waals surface area (Å²) in [6.45, 7) is 6.37. The number of nitrogens with zero attached hydrogens (tertiary/aromatic N) is 1. The molecule has 3 rings (SSSR count). The predicted molar refractivity (Wildman–Crippen MR) is 39.9 cm³/mol. The molecular weight excluding hydrogens is 124 g/mol. The van der Waals surface area contributed by atoms with E-state index in [0.717, 1.165) is 12.0 Å². The molecule has 0 saturated carbocycles. The van der Waals surface area contributed by atoms with E-state index in [0.29, 0.717) is 5.54 Å². The van der Waals surface area contributed by atoms with E-state index >= 15 is 0 Å². The summed E-state index contributed by atoms with van der Waals surface area (Å²) in [6, 6.07) is 0.858. The molecule has 2 heteroatoms. The predicted octanol–water partition coefficient (Wildman–Crippen LogP) is 0.0524. The Morgan fingerprint density at radius 2 is 2.50 bits per heavy atom. The Morgan fingerprint density at radius 3 is 3.10 bits per heavy atom. The topological polar surface area (TPSA) is 15.0 Å². The minimum atomic E-state index is 0.687. The summed E-state index contributed by atoms with van der Waals surface area (Å²) in [5, 5.41) is 3.52. The highest BCUT2D eigenvalue weighted by atomic mass is 15.5. The molecule has 0 amide bonds. The minimum absolute atomic E-state index is 0.687. The highest BCUT2D eigenvalue weighted by molar-refractivity contribution is 5.24. The smallest absolute Gasteiger partial charge is 0.0616 e. The SMILES string of the molecule is CC1CC2NCC23CN3C1. The van der Waals surface area contributed by atoms with Gasteiger partial charge in [-0.1, -0.05) is 6.92 Å². The summed E-state index contributed by atoms with van der Waals surface area (Å²) in [6.07, 6.45) is 1.41. The molecule has 3 saturated heterocycles. The van der Waals surface area contributed by atoms with Gasteiger partial charge < -0.3 is 5.32 Å². The van der Waals surface area contributed by atoms with Gasteiger partial charge >= 0.3 is 0 Å². The number of hydrogen-bond donors (Lipinski definition) is 1. The number of hydrogen-bond acceptors (Lipinski definition) is 2. The molecule has 4 atom stereocenters. The van der Waals surface area contributed by atoms with Gasteiger partial charge in [0.15, 0.2) is 0 Å². The number of nitrogens with one attached hydrogen (secondary N) is 1. The molecule has 0 aliphatic carbocycles. The van der Waals surface area contributed by atoms with E-state index in [9.17, 15) is 0 Å². The van der Waals surface area contributed by atoms with Crippen molar-refractivity contribution >= 4 is 0 Å². The molecule has 1 N–H and O–H groups in total. The van der Waals surface area contributed by atoms with Crippen molar-refractivity contribution < 1.29 is 0 Å². The monoisotopic (exact) mass is 138 g/mol. The molecule has 3 aliphatic heterocycles. The molecule has 2 nitrogen and oxygen atoms in total. The van der Waals surface area contributed by atoms with Gasteiger partial charge in [-0.2, -0.15) is 0 Å². The molecule has 10 heavy (non-hydrogen) atoms. The largest absolute Gasteiger partial charge is 0.310 e. The molecule has 3 aliphatic rings. The third-order valence-electron chi connectivity index (χ3n) is 3.46. The zero-order valence-corrected chi connectivity index (χ0v) is 6.43. The molecular formula is C8H14N2. The molecule has 3 fully saturated rings. The third-order valence-corrected chi connectivity index (χ3v) is 3.46. The Hall–Kier alpha value is -0.0800. The lowest BCUT2D eigenvalue weighted by Crippen LogP contribution is -2.65. The zero-order chi connectivity index (χ0) is 6.77. The number of piperidine rings is 1. The second-order valence-electron chi connectivity index (χ2n) is 4.26.